The summed E-state index contributed by atoms with van der Waals surface area (Å²) in [6.45, 7) is 9.13. The summed E-state index contributed by atoms with van der Waals surface area (Å²) < 4.78 is 40.0. The van der Waals surface area contributed by atoms with Gasteiger partial charge in [-0.3, -0.25) is 13.9 Å². The lowest BCUT2D eigenvalue weighted by molar-refractivity contribution is -0.139. The lowest BCUT2D eigenvalue weighted by atomic mass is 10.1. The molecule has 0 aliphatic rings. The van der Waals surface area contributed by atoms with Crippen molar-refractivity contribution in [3.63, 3.8) is 0 Å². The van der Waals surface area contributed by atoms with Crippen LogP contribution in [-0.4, -0.2) is 58.5 Å². The fraction of sp³-hybridized carbons (Fsp3) is 0.355. The molecule has 0 heterocycles. The first-order valence-electron chi connectivity index (χ1n) is 13.4. The number of rotatable bonds is 12. The van der Waals surface area contributed by atoms with Gasteiger partial charge in [0, 0.05) is 19.2 Å². The standard InChI is InChI=1S/C31H39N3O6S/c1-8-32-31(36)24(5)33(19-25-11-9-10-21(2)15-25)30(35)20-34(26-16-22(3)14-23(4)17-26)41(37,38)27-12-13-28(39-6)29(18-27)40-7/h9-18,24H,8,19-20H2,1-7H3,(H,32,36)/t24-/m1/s1. The summed E-state index contributed by atoms with van der Waals surface area (Å²) in [4.78, 5) is 28.3. The predicted molar refractivity (Wildman–Crippen MR) is 160 cm³/mol. The number of anilines is 1. The van der Waals surface area contributed by atoms with Crippen molar-refractivity contribution in [3.8, 4) is 11.5 Å². The molecule has 1 N–H and O–H groups in total. The number of sulfonamides is 1. The monoisotopic (exact) mass is 581 g/mol. The second-order valence-electron chi connectivity index (χ2n) is 9.96. The Hall–Kier alpha value is -4.05. The summed E-state index contributed by atoms with van der Waals surface area (Å²) in [6.07, 6.45) is 0. The minimum absolute atomic E-state index is 0.0656. The van der Waals surface area contributed by atoms with Crippen LogP contribution in [-0.2, 0) is 26.2 Å². The smallest absolute Gasteiger partial charge is 0.264 e. The zero-order valence-electron chi connectivity index (χ0n) is 24.7. The first-order valence-corrected chi connectivity index (χ1v) is 14.8. The van der Waals surface area contributed by atoms with Crippen LogP contribution in [0.2, 0.25) is 0 Å². The molecule has 41 heavy (non-hydrogen) atoms. The topological polar surface area (TPSA) is 105 Å². The third-order valence-electron chi connectivity index (χ3n) is 6.67. The summed E-state index contributed by atoms with van der Waals surface area (Å²) in [7, 11) is -1.37. The number of amides is 2. The van der Waals surface area contributed by atoms with E-state index in [0.29, 0.717) is 18.0 Å². The number of nitrogens with zero attached hydrogens (tertiary/aromatic N) is 2. The van der Waals surface area contributed by atoms with E-state index in [1.54, 1.807) is 26.0 Å². The number of carbonyl (C=O) groups is 2. The van der Waals surface area contributed by atoms with E-state index in [1.165, 1.54) is 37.3 Å². The number of carbonyl (C=O) groups excluding carboxylic acids is 2. The van der Waals surface area contributed by atoms with Gasteiger partial charge in [-0.15, -0.1) is 0 Å². The van der Waals surface area contributed by atoms with Gasteiger partial charge in [0.2, 0.25) is 11.8 Å². The van der Waals surface area contributed by atoms with Crippen LogP contribution >= 0.6 is 0 Å². The van der Waals surface area contributed by atoms with Crippen molar-refractivity contribution in [2.24, 2.45) is 0 Å². The molecular weight excluding hydrogens is 542 g/mol. The number of methoxy groups -OCH3 is 2. The number of hydrogen-bond donors (Lipinski definition) is 1. The molecule has 220 valence electrons. The Labute approximate surface area is 243 Å². The molecule has 0 fully saturated rings. The molecule has 0 aromatic heterocycles. The van der Waals surface area contributed by atoms with E-state index < -0.39 is 28.5 Å². The predicted octanol–water partition coefficient (Wildman–Crippen LogP) is 4.38. The van der Waals surface area contributed by atoms with Gasteiger partial charge >= 0.3 is 0 Å². The minimum atomic E-state index is -4.26. The van der Waals surface area contributed by atoms with E-state index in [0.717, 1.165) is 26.6 Å². The Morgan fingerprint density at radius 1 is 0.878 bits per heavy atom. The normalized spacial score (nSPS) is 11.9. The van der Waals surface area contributed by atoms with Crippen molar-refractivity contribution in [3.05, 3.63) is 82.9 Å². The molecule has 0 spiro atoms. The quantitative estimate of drug-likeness (QED) is 0.341. The van der Waals surface area contributed by atoms with E-state index in [4.69, 9.17) is 9.47 Å². The summed E-state index contributed by atoms with van der Waals surface area (Å²) in [5.74, 6) is -0.227. The van der Waals surface area contributed by atoms with Crippen LogP contribution in [0.3, 0.4) is 0 Å². The lowest BCUT2D eigenvalue weighted by Gasteiger charge is -2.32. The highest BCUT2D eigenvalue weighted by atomic mass is 32.2. The summed E-state index contributed by atoms with van der Waals surface area (Å²) in [6, 6.07) is 16.5. The molecule has 0 unspecified atom stereocenters. The molecule has 0 saturated carbocycles. The first kappa shape index (κ1) is 31.5. The fourth-order valence-corrected chi connectivity index (χ4v) is 6.05. The average molecular weight is 582 g/mol. The molecule has 3 aromatic rings. The maximum absolute atomic E-state index is 14.2. The van der Waals surface area contributed by atoms with Crippen LogP contribution in [0.1, 0.15) is 36.1 Å². The van der Waals surface area contributed by atoms with Gasteiger partial charge in [-0.05, 0) is 75.6 Å². The Morgan fingerprint density at radius 2 is 1.54 bits per heavy atom. The van der Waals surface area contributed by atoms with Crippen LogP contribution < -0.4 is 19.1 Å². The molecule has 1 atom stereocenters. The summed E-state index contributed by atoms with van der Waals surface area (Å²) in [5, 5.41) is 2.77. The zero-order valence-corrected chi connectivity index (χ0v) is 25.5. The van der Waals surface area contributed by atoms with Crippen LogP contribution in [0.4, 0.5) is 5.69 Å². The highest BCUT2D eigenvalue weighted by Crippen LogP contribution is 2.33. The van der Waals surface area contributed by atoms with Crippen molar-refractivity contribution < 1.29 is 27.5 Å². The van der Waals surface area contributed by atoms with Gasteiger partial charge in [0.25, 0.3) is 10.0 Å². The van der Waals surface area contributed by atoms with Crippen molar-refractivity contribution in [1.29, 1.82) is 0 Å². The Balaban J connectivity index is 2.11. The molecule has 0 aliphatic carbocycles. The van der Waals surface area contributed by atoms with Crippen LogP contribution in [0.25, 0.3) is 0 Å². The van der Waals surface area contributed by atoms with Gasteiger partial charge in [0.05, 0.1) is 24.8 Å². The lowest BCUT2D eigenvalue weighted by Crippen LogP contribution is -2.51. The molecular formula is C31H39N3O6S. The van der Waals surface area contributed by atoms with Crippen molar-refractivity contribution in [2.45, 2.75) is 52.1 Å². The molecule has 0 aliphatic heterocycles. The van der Waals surface area contributed by atoms with E-state index in [-0.39, 0.29) is 23.1 Å². The minimum Gasteiger partial charge on any atom is -0.493 e. The van der Waals surface area contributed by atoms with E-state index in [1.807, 2.05) is 51.1 Å². The maximum atomic E-state index is 14.2. The fourth-order valence-electron chi connectivity index (χ4n) is 4.64. The maximum Gasteiger partial charge on any atom is 0.264 e. The SMILES string of the molecule is CCNC(=O)[C@@H](C)N(Cc1cccc(C)c1)C(=O)CN(c1cc(C)cc(C)c1)S(=O)(=O)c1ccc(OC)c(OC)c1. The summed E-state index contributed by atoms with van der Waals surface area (Å²) in [5.41, 5.74) is 3.86. The molecule has 3 aromatic carbocycles. The average Bonchev–Trinajstić information content (AvgIpc) is 2.93. The third kappa shape index (κ3) is 7.58. The van der Waals surface area contributed by atoms with Crippen molar-refractivity contribution in [2.75, 3.05) is 31.6 Å². The summed E-state index contributed by atoms with van der Waals surface area (Å²) >= 11 is 0. The second-order valence-corrected chi connectivity index (χ2v) is 11.8. The van der Waals surface area contributed by atoms with Crippen molar-refractivity contribution in [1.82, 2.24) is 10.2 Å². The van der Waals surface area contributed by atoms with E-state index in [2.05, 4.69) is 5.32 Å². The number of ether oxygens (including phenoxy) is 2. The van der Waals surface area contributed by atoms with Gasteiger partial charge in [0.1, 0.15) is 12.6 Å². The van der Waals surface area contributed by atoms with E-state index in [9.17, 15) is 18.0 Å². The molecule has 2 amide bonds. The van der Waals surface area contributed by atoms with Crippen LogP contribution in [0.5, 0.6) is 11.5 Å². The van der Waals surface area contributed by atoms with Crippen molar-refractivity contribution >= 4 is 27.5 Å². The molecule has 3 rings (SSSR count). The molecule has 0 saturated heterocycles. The second kappa shape index (κ2) is 13.5. The zero-order chi connectivity index (χ0) is 30.3. The number of aryl methyl sites for hydroxylation is 3. The molecule has 9 nitrogen and oxygen atoms in total. The number of nitrogens with one attached hydrogen (secondary N) is 1. The molecule has 0 bridgehead atoms. The molecule has 10 heteroatoms. The Bertz CT molecular complexity index is 1490. The van der Waals surface area contributed by atoms with Gasteiger partial charge in [0.15, 0.2) is 11.5 Å². The number of benzene rings is 3. The van der Waals surface area contributed by atoms with E-state index >= 15 is 0 Å². The highest BCUT2D eigenvalue weighted by Gasteiger charge is 2.33. The van der Waals surface area contributed by atoms with Gasteiger partial charge in [-0.2, -0.15) is 0 Å². The van der Waals surface area contributed by atoms with Gasteiger partial charge in [-0.25, -0.2) is 8.42 Å². The number of likely N-dealkylation sites (N-methyl/N-ethyl adjacent to an activating group) is 1. The Morgan fingerprint density at radius 3 is 2.12 bits per heavy atom. The molecule has 0 radical (unpaired) electrons. The van der Waals surface area contributed by atoms with Crippen LogP contribution in [0.15, 0.2) is 65.6 Å². The number of hydrogen-bond acceptors (Lipinski definition) is 6. The first-order chi connectivity index (χ1) is 19.4. The highest BCUT2D eigenvalue weighted by molar-refractivity contribution is 7.92. The third-order valence-corrected chi connectivity index (χ3v) is 8.44. The van der Waals surface area contributed by atoms with Crippen LogP contribution in [0, 0.1) is 20.8 Å². The Kier molecular flexibility index (Phi) is 10.4. The van der Waals surface area contributed by atoms with Gasteiger partial charge in [-0.1, -0.05) is 35.9 Å². The van der Waals surface area contributed by atoms with Gasteiger partial charge < -0.3 is 19.7 Å². The largest absolute Gasteiger partial charge is 0.493 e.